The molecule has 2 unspecified atom stereocenters. The quantitative estimate of drug-likeness (QED) is 0.735. The van der Waals surface area contributed by atoms with Crippen LogP contribution in [0.4, 0.5) is 11.5 Å². The molecule has 5 heteroatoms. The number of anilines is 2. The van der Waals surface area contributed by atoms with Crippen molar-refractivity contribution in [2.24, 2.45) is 5.92 Å². The Hall–Kier alpha value is -2.53. The van der Waals surface area contributed by atoms with Gasteiger partial charge >= 0.3 is 0 Å². The number of para-hydroxylation sites is 1. The monoisotopic (exact) mass is 347 g/mol. The highest BCUT2D eigenvalue weighted by atomic mass is 15.2. The van der Waals surface area contributed by atoms with Gasteiger partial charge in [-0.1, -0.05) is 38.5 Å². The Bertz CT molecular complexity index is 923. The molecule has 134 valence electrons. The van der Waals surface area contributed by atoms with E-state index in [2.05, 4.69) is 58.1 Å². The molecule has 5 nitrogen and oxygen atoms in total. The summed E-state index contributed by atoms with van der Waals surface area (Å²) in [6, 6.07) is 10.8. The topological polar surface area (TPSA) is 53.9 Å². The van der Waals surface area contributed by atoms with Crippen molar-refractivity contribution in [2.75, 3.05) is 5.32 Å². The SMILES string of the molecule is CCC(C)C(C)N1Cc2ncnc(Nc3cnc4ccccc4c3)c2C1. The Morgan fingerprint density at radius 3 is 2.81 bits per heavy atom. The van der Waals surface area contributed by atoms with E-state index >= 15 is 0 Å². The third-order valence-electron chi connectivity index (χ3n) is 5.65. The Labute approximate surface area is 154 Å². The first-order valence-electron chi connectivity index (χ1n) is 9.34. The van der Waals surface area contributed by atoms with Gasteiger partial charge in [-0.25, -0.2) is 9.97 Å². The molecular formula is C21H25N5. The summed E-state index contributed by atoms with van der Waals surface area (Å²) in [5.74, 6) is 1.56. The summed E-state index contributed by atoms with van der Waals surface area (Å²) in [7, 11) is 0. The van der Waals surface area contributed by atoms with Crippen molar-refractivity contribution in [3.8, 4) is 0 Å². The number of benzene rings is 1. The molecular weight excluding hydrogens is 322 g/mol. The van der Waals surface area contributed by atoms with Crippen LogP contribution in [0.3, 0.4) is 0 Å². The van der Waals surface area contributed by atoms with Crippen molar-refractivity contribution in [1.29, 1.82) is 0 Å². The van der Waals surface area contributed by atoms with Gasteiger partial charge in [0.05, 0.1) is 23.1 Å². The van der Waals surface area contributed by atoms with Gasteiger partial charge in [-0.3, -0.25) is 9.88 Å². The van der Waals surface area contributed by atoms with Crippen LogP contribution in [0, 0.1) is 5.92 Å². The van der Waals surface area contributed by atoms with Crippen molar-refractivity contribution in [3.05, 3.63) is 54.1 Å². The number of rotatable bonds is 5. The normalized spacial score (nSPS) is 16.4. The van der Waals surface area contributed by atoms with E-state index in [1.807, 2.05) is 24.4 Å². The molecule has 0 fully saturated rings. The van der Waals surface area contributed by atoms with Crippen LogP contribution >= 0.6 is 0 Å². The molecule has 2 atom stereocenters. The molecule has 0 saturated heterocycles. The van der Waals surface area contributed by atoms with Gasteiger partial charge in [0.25, 0.3) is 0 Å². The first-order valence-corrected chi connectivity index (χ1v) is 9.34. The lowest BCUT2D eigenvalue weighted by molar-refractivity contribution is 0.158. The Morgan fingerprint density at radius 2 is 1.96 bits per heavy atom. The van der Waals surface area contributed by atoms with Crippen molar-refractivity contribution in [2.45, 2.75) is 46.3 Å². The lowest BCUT2D eigenvalue weighted by Gasteiger charge is -2.28. The van der Waals surface area contributed by atoms with Gasteiger partial charge in [0.2, 0.25) is 0 Å². The highest BCUT2D eigenvalue weighted by Crippen LogP contribution is 2.31. The summed E-state index contributed by atoms with van der Waals surface area (Å²) < 4.78 is 0. The van der Waals surface area contributed by atoms with Gasteiger partial charge in [0, 0.05) is 30.1 Å². The molecule has 0 aliphatic carbocycles. The summed E-state index contributed by atoms with van der Waals surface area (Å²) in [6.45, 7) is 8.68. The van der Waals surface area contributed by atoms with E-state index in [0.717, 1.165) is 41.2 Å². The van der Waals surface area contributed by atoms with Crippen molar-refractivity contribution >= 4 is 22.4 Å². The van der Waals surface area contributed by atoms with Gasteiger partial charge in [0.15, 0.2) is 0 Å². The zero-order valence-electron chi connectivity index (χ0n) is 15.6. The van der Waals surface area contributed by atoms with Gasteiger partial charge < -0.3 is 5.32 Å². The minimum absolute atomic E-state index is 0.532. The summed E-state index contributed by atoms with van der Waals surface area (Å²) >= 11 is 0. The molecule has 0 spiro atoms. The summed E-state index contributed by atoms with van der Waals surface area (Å²) in [4.78, 5) is 16.1. The second kappa shape index (κ2) is 7.00. The fraction of sp³-hybridized carbons (Fsp3) is 0.381. The molecule has 2 aromatic heterocycles. The Balaban J connectivity index is 1.59. The van der Waals surface area contributed by atoms with Crippen LogP contribution in [0.2, 0.25) is 0 Å². The van der Waals surface area contributed by atoms with E-state index in [4.69, 9.17) is 0 Å². The maximum atomic E-state index is 4.53. The van der Waals surface area contributed by atoms with Crippen LogP contribution in [0.15, 0.2) is 42.9 Å². The summed E-state index contributed by atoms with van der Waals surface area (Å²) in [5, 5.41) is 4.58. The maximum Gasteiger partial charge on any atom is 0.138 e. The zero-order valence-corrected chi connectivity index (χ0v) is 15.6. The van der Waals surface area contributed by atoms with Crippen molar-refractivity contribution < 1.29 is 0 Å². The first-order chi connectivity index (χ1) is 12.7. The summed E-state index contributed by atoms with van der Waals surface area (Å²) in [6.07, 6.45) is 4.71. The largest absolute Gasteiger partial charge is 0.339 e. The molecule has 1 aliphatic rings. The number of aromatic nitrogens is 3. The minimum Gasteiger partial charge on any atom is -0.339 e. The van der Waals surface area contributed by atoms with E-state index in [-0.39, 0.29) is 0 Å². The first kappa shape index (κ1) is 16.9. The van der Waals surface area contributed by atoms with Crippen molar-refractivity contribution in [3.63, 3.8) is 0 Å². The predicted molar refractivity (Wildman–Crippen MR) is 105 cm³/mol. The lowest BCUT2D eigenvalue weighted by Crippen LogP contribution is -2.33. The number of fused-ring (bicyclic) bond motifs is 2. The second-order valence-electron chi connectivity index (χ2n) is 7.22. The molecule has 0 amide bonds. The number of nitrogens with one attached hydrogen (secondary N) is 1. The maximum absolute atomic E-state index is 4.53. The lowest BCUT2D eigenvalue weighted by atomic mass is 10.00. The fourth-order valence-corrected chi connectivity index (χ4v) is 3.58. The standard InChI is InChI=1S/C21H25N5/c1-4-14(2)15(3)26-11-18-20(12-26)23-13-24-21(18)25-17-9-16-7-5-6-8-19(16)22-10-17/h5-10,13-15H,4,11-12H2,1-3H3,(H,23,24,25). The predicted octanol–water partition coefficient (Wildman–Crippen LogP) is 4.52. The molecule has 1 aliphatic heterocycles. The molecule has 0 radical (unpaired) electrons. The smallest absolute Gasteiger partial charge is 0.138 e. The fourth-order valence-electron chi connectivity index (χ4n) is 3.58. The average Bonchev–Trinajstić information content (AvgIpc) is 3.12. The van der Waals surface area contributed by atoms with E-state index in [9.17, 15) is 0 Å². The van der Waals surface area contributed by atoms with Gasteiger partial charge in [-0.2, -0.15) is 0 Å². The highest BCUT2D eigenvalue weighted by Gasteiger charge is 2.29. The van der Waals surface area contributed by atoms with Crippen LogP contribution in [0.25, 0.3) is 10.9 Å². The third-order valence-corrected chi connectivity index (χ3v) is 5.65. The molecule has 1 aromatic carbocycles. The zero-order chi connectivity index (χ0) is 18.1. The third kappa shape index (κ3) is 3.15. The van der Waals surface area contributed by atoms with E-state index < -0.39 is 0 Å². The molecule has 3 heterocycles. The van der Waals surface area contributed by atoms with Crippen molar-refractivity contribution in [1.82, 2.24) is 19.9 Å². The number of nitrogens with zero attached hydrogens (tertiary/aromatic N) is 4. The van der Waals surface area contributed by atoms with Gasteiger partial charge in [-0.15, -0.1) is 0 Å². The Kier molecular flexibility index (Phi) is 4.55. The minimum atomic E-state index is 0.532. The Morgan fingerprint density at radius 1 is 1.12 bits per heavy atom. The van der Waals surface area contributed by atoms with E-state index in [0.29, 0.717) is 12.0 Å². The van der Waals surface area contributed by atoms with Crippen LogP contribution in [-0.2, 0) is 13.1 Å². The highest BCUT2D eigenvalue weighted by molar-refractivity contribution is 5.82. The van der Waals surface area contributed by atoms with Gasteiger partial charge in [0.1, 0.15) is 12.1 Å². The van der Waals surface area contributed by atoms with Crippen LogP contribution in [0.1, 0.15) is 38.4 Å². The number of pyridine rings is 1. The summed E-state index contributed by atoms with van der Waals surface area (Å²) in [5.41, 5.74) is 4.29. The molecule has 0 saturated carbocycles. The van der Waals surface area contributed by atoms with Crippen LogP contribution < -0.4 is 5.32 Å². The van der Waals surface area contributed by atoms with Gasteiger partial charge in [-0.05, 0) is 25.0 Å². The number of hydrogen-bond acceptors (Lipinski definition) is 5. The molecule has 3 aromatic rings. The van der Waals surface area contributed by atoms with E-state index in [1.165, 1.54) is 12.0 Å². The number of hydrogen-bond donors (Lipinski definition) is 1. The van der Waals surface area contributed by atoms with E-state index in [1.54, 1.807) is 6.33 Å². The molecule has 26 heavy (non-hydrogen) atoms. The van der Waals surface area contributed by atoms with Crippen LogP contribution in [-0.4, -0.2) is 25.9 Å². The molecule has 0 bridgehead atoms. The molecule has 4 rings (SSSR count). The average molecular weight is 347 g/mol. The van der Waals surface area contributed by atoms with Crippen LogP contribution in [0.5, 0.6) is 0 Å². The second-order valence-corrected chi connectivity index (χ2v) is 7.22. The molecule has 1 N–H and O–H groups in total.